The quantitative estimate of drug-likeness (QED) is 0.584. The van der Waals surface area contributed by atoms with E-state index < -0.39 is 0 Å². The number of amides is 1. The zero-order chi connectivity index (χ0) is 18.7. The lowest BCUT2D eigenvalue weighted by Crippen LogP contribution is -2.26. The zero-order valence-corrected chi connectivity index (χ0v) is 17.3. The van der Waals surface area contributed by atoms with Crippen LogP contribution in [0.2, 0.25) is 0 Å². The van der Waals surface area contributed by atoms with Crippen LogP contribution in [0.5, 0.6) is 0 Å². The largest absolute Gasteiger partial charge is 0.345 e. The summed E-state index contributed by atoms with van der Waals surface area (Å²) in [6, 6.07) is 17.9. The van der Waals surface area contributed by atoms with Gasteiger partial charge in [0.1, 0.15) is 4.88 Å². The van der Waals surface area contributed by atoms with Crippen molar-refractivity contribution in [3.63, 3.8) is 0 Å². The van der Waals surface area contributed by atoms with E-state index in [-0.39, 0.29) is 11.9 Å². The van der Waals surface area contributed by atoms with E-state index >= 15 is 0 Å². The number of carbonyl (C=O) groups excluding carboxylic acids is 1. The molecule has 1 amide bonds. The van der Waals surface area contributed by atoms with Gasteiger partial charge in [-0.15, -0.1) is 0 Å². The molecule has 3 aromatic rings. The summed E-state index contributed by atoms with van der Waals surface area (Å²) in [7, 11) is 1.96. The molecule has 0 aliphatic carbocycles. The number of carbonyl (C=O) groups is 1. The third-order valence-corrected chi connectivity index (χ3v) is 5.90. The maximum Gasteiger partial charge on any atom is 0.263 e. The number of hydrogen-bond donors (Lipinski definition) is 1. The Morgan fingerprint density at radius 1 is 1.15 bits per heavy atom. The maximum atomic E-state index is 12.7. The summed E-state index contributed by atoms with van der Waals surface area (Å²) < 4.78 is 1.02. The molecule has 0 aliphatic rings. The van der Waals surface area contributed by atoms with Crippen LogP contribution in [0.25, 0.3) is 0 Å². The Balaban J connectivity index is 1.76. The molecule has 134 valence electrons. The molecule has 1 atom stereocenters. The van der Waals surface area contributed by atoms with Crippen molar-refractivity contribution in [2.75, 3.05) is 11.9 Å². The van der Waals surface area contributed by atoms with Crippen LogP contribution >= 0.6 is 27.3 Å². The van der Waals surface area contributed by atoms with Gasteiger partial charge in [-0.3, -0.25) is 4.79 Å². The minimum absolute atomic E-state index is 0.0765. The molecule has 4 nitrogen and oxygen atoms in total. The van der Waals surface area contributed by atoms with E-state index in [1.165, 1.54) is 11.3 Å². The molecular formula is C20H20BrN3OS. The fourth-order valence-corrected chi connectivity index (χ4v) is 3.81. The third-order valence-electron chi connectivity index (χ3n) is 4.14. The molecule has 6 heteroatoms. The summed E-state index contributed by atoms with van der Waals surface area (Å²) in [5.74, 6) is -0.0943. The fourth-order valence-electron chi connectivity index (χ4n) is 2.60. The Labute approximate surface area is 166 Å². The van der Waals surface area contributed by atoms with Crippen molar-refractivity contribution >= 4 is 44.0 Å². The Morgan fingerprint density at radius 2 is 1.81 bits per heavy atom. The lowest BCUT2D eigenvalue weighted by Gasteiger charge is -2.15. The van der Waals surface area contributed by atoms with Crippen LogP contribution in [0.15, 0.2) is 59.1 Å². The van der Waals surface area contributed by atoms with Crippen LogP contribution in [0.1, 0.15) is 33.9 Å². The number of hydrogen-bond acceptors (Lipinski definition) is 4. The van der Waals surface area contributed by atoms with E-state index in [2.05, 4.69) is 26.2 Å². The summed E-state index contributed by atoms with van der Waals surface area (Å²) in [4.78, 5) is 19.9. The van der Waals surface area contributed by atoms with Gasteiger partial charge in [0.15, 0.2) is 5.13 Å². The number of anilines is 2. The van der Waals surface area contributed by atoms with Crippen molar-refractivity contribution in [1.82, 2.24) is 10.3 Å². The van der Waals surface area contributed by atoms with Crippen molar-refractivity contribution < 1.29 is 4.79 Å². The predicted octanol–water partition coefficient (Wildman–Crippen LogP) is 5.47. The minimum atomic E-state index is -0.0943. The Kier molecular flexibility index (Phi) is 5.74. The first kappa shape index (κ1) is 18.6. The lowest BCUT2D eigenvalue weighted by atomic mass is 10.1. The van der Waals surface area contributed by atoms with E-state index in [1.54, 1.807) is 0 Å². The van der Waals surface area contributed by atoms with Crippen LogP contribution in [-0.4, -0.2) is 17.9 Å². The number of nitrogens with one attached hydrogen (secondary N) is 1. The SMILES string of the molecule is Cc1nc(N(C)c2ccccc2)sc1C(=O)NC(C)c1ccc(Br)cc1. The van der Waals surface area contributed by atoms with Gasteiger partial charge in [0.2, 0.25) is 0 Å². The van der Waals surface area contributed by atoms with Gasteiger partial charge in [-0.05, 0) is 43.7 Å². The molecule has 3 rings (SSSR count). The number of aromatic nitrogens is 1. The van der Waals surface area contributed by atoms with Gasteiger partial charge in [0.05, 0.1) is 11.7 Å². The second kappa shape index (κ2) is 8.01. The van der Waals surface area contributed by atoms with Crippen LogP contribution in [0.3, 0.4) is 0 Å². The normalized spacial score (nSPS) is 11.8. The number of benzene rings is 2. The van der Waals surface area contributed by atoms with E-state index in [1.807, 2.05) is 80.4 Å². The number of para-hydroxylation sites is 1. The first-order valence-corrected chi connectivity index (χ1v) is 9.89. The number of thiazole rings is 1. The number of rotatable bonds is 5. The van der Waals surface area contributed by atoms with Crippen molar-refractivity contribution in [2.45, 2.75) is 19.9 Å². The smallest absolute Gasteiger partial charge is 0.263 e. The number of aryl methyl sites for hydroxylation is 1. The molecule has 1 unspecified atom stereocenters. The standard InChI is InChI=1S/C20H20BrN3OS/c1-13(15-9-11-16(21)12-10-15)22-19(25)18-14(2)23-20(26-18)24(3)17-7-5-4-6-8-17/h4-13H,1-3H3,(H,22,25). The van der Waals surface area contributed by atoms with Gasteiger partial charge >= 0.3 is 0 Å². The first-order chi connectivity index (χ1) is 12.5. The highest BCUT2D eigenvalue weighted by Gasteiger charge is 2.19. The van der Waals surface area contributed by atoms with E-state index in [9.17, 15) is 4.79 Å². The first-order valence-electron chi connectivity index (χ1n) is 8.28. The zero-order valence-electron chi connectivity index (χ0n) is 14.9. The maximum absolute atomic E-state index is 12.7. The third kappa shape index (κ3) is 4.14. The predicted molar refractivity (Wildman–Crippen MR) is 111 cm³/mol. The summed E-state index contributed by atoms with van der Waals surface area (Å²) in [6.07, 6.45) is 0. The summed E-state index contributed by atoms with van der Waals surface area (Å²) in [5, 5.41) is 3.86. The molecule has 0 saturated carbocycles. The molecule has 2 aromatic carbocycles. The molecule has 0 saturated heterocycles. The van der Waals surface area contributed by atoms with Crippen molar-refractivity contribution in [3.05, 3.63) is 75.2 Å². The average molecular weight is 430 g/mol. The second-order valence-corrected chi connectivity index (χ2v) is 7.95. The van der Waals surface area contributed by atoms with Gasteiger partial charge < -0.3 is 10.2 Å². The van der Waals surface area contributed by atoms with Gasteiger partial charge in [-0.25, -0.2) is 4.98 Å². The highest BCUT2D eigenvalue weighted by Crippen LogP contribution is 2.30. The molecule has 0 fully saturated rings. The number of halogens is 1. The highest BCUT2D eigenvalue weighted by atomic mass is 79.9. The summed E-state index contributed by atoms with van der Waals surface area (Å²) in [5.41, 5.74) is 2.84. The summed E-state index contributed by atoms with van der Waals surface area (Å²) in [6.45, 7) is 3.85. The minimum Gasteiger partial charge on any atom is -0.345 e. The van der Waals surface area contributed by atoms with Crippen molar-refractivity contribution in [3.8, 4) is 0 Å². The van der Waals surface area contributed by atoms with E-state index in [0.29, 0.717) is 4.88 Å². The van der Waals surface area contributed by atoms with Gasteiger partial charge in [0, 0.05) is 17.2 Å². The highest BCUT2D eigenvalue weighted by molar-refractivity contribution is 9.10. The van der Waals surface area contributed by atoms with Gasteiger partial charge in [-0.1, -0.05) is 57.6 Å². The molecule has 0 aliphatic heterocycles. The Morgan fingerprint density at radius 3 is 2.46 bits per heavy atom. The molecule has 0 radical (unpaired) electrons. The van der Waals surface area contributed by atoms with Crippen LogP contribution in [0.4, 0.5) is 10.8 Å². The van der Waals surface area contributed by atoms with Crippen LogP contribution < -0.4 is 10.2 Å². The fraction of sp³-hybridized carbons (Fsp3) is 0.200. The topological polar surface area (TPSA) is 45.2 Å². The summed E-state index contributed by atoms with van der Waals surface area (Å²) >= 11 is 4.83. The molecule has 1 heterocycles. The van der Waals surface area contributed by atoms with Crippen molar-refractivity contribution in [1.29, 1.82) is 0 Å². The van der Waals surface area contributed by atoms with E-state index in [0.717, 1.165) is 26.5 Å². The van der Waals surface area contributed by atoms with Crippen LogP contribution in [0, 0.1) is 6.92 Å². The average Bonchev–Trinajstić information content (AvgIpc) is 3.04. The second-order valence-electron chi connectivity index (χ2n) is 6.05. The Bertz CT molecular complexity index is 893. The van der Waals surface area contributed by atoms with Crippen molar-refractivity contribution in [2.24, 2.45) is 0 Å². The number of nitrogens with zero attached hydrogens (tertiary/aromatic N) is 2. The van der Waals surface area contributed by atoms with E-state index in [4.69, 9.17) is 0 Å². The Hall–Kier alpha value is -2.18. The molecule has 1 aromatic heterocycles. The molecular weight excluding hydrogens is 410 g/mol. The monoisotopic (exact) mass is 429 g/mol. The molecule has 0 bridgehead atoms. The van der Waals surface area contributed by atoms with Crippen LogP contribution in [-0.2, 0) is 0 Å². The lowest BCUT2D eigenvalue weighted by molar-refractivity contribution is 0.0943. The molecule has 0 spiro atoms. The van der Waals surface area contributed by atoms with Gasteiger partial charge in [0.25, 0.3) is 5.91 Å². The van der Waals surface area contributed by atoms with Gasteiger partial charge in [-0.2, -0.15) is 0 Å². The molecule has 26 heavy (non-hydrogen) atoms. The molecule has 1 N–H and O–H groups in total.